The summed E-state index contributed by atoms with van der Waals surface area (Å²) in [6.07, 6.45) is 3.24. The summed E-state index contributed by atoms with van der Waals surface area (Å²) in [6.45, 7) is 0.279. The van der Waals surface area contributed by atoms with E-state index in [2.05, 4.69) is 20.0 Å². The number of fused-ring (bicyclic) bond motifs is 1. The van der Waals surface area contributed by atoms with Gasteiger partial charge >= 0.3 is 10.8 Å². The number of esters is 1. The van der Waals surface area contributed by atoms with Crippen LogP contribution in [-0.2, 0) is 11.3 Å². The molecule has 1 amide bonds. The Bertz CT molecular complexity index is 1290. The molecule has 0 saturated carbocycles. The van der Waals surface area contributed by atoms with E-state index in [1.165, 1.54) is 7.11 Å². The van der Waals surface area contributed by atoms with Crippen molar-refractivity contribution in [3.05, 3.63) is 79.3 Å². The van der Waals surface area contributed by atoms with Crippen molar-refractivity contribution in [1.29, 1.82) is 0 Å². The Morgan fingerprint density at radius 3 is 2.68 bits per heavy atom. The van der Waals surface area contributed by atoms with Crippen molar-refractivity contribution in [2.75, 3.05) is 7.11 Å². The highest BCUT2D eigenvalue weighted by Crippen LogP contribution is 2.36. The number of amides is 1. The molecule has 0 atom stereocenters. The maximum absolute atomic E-state index is 12.8. The zero-order chi connectivity index (χ0) is 22.0. The lowest BCUT2D eigenvalue weighted by Crippen LogP contribution is -2.23. The number of allylic oxidation sites excluding steroid dienone is 1. The summed E-state index contributed by atoms with van der Waals surface area (Å²) in [6, 6.07) is 12.0. The third-order valence-corrected chi connectivity index (χ3v) is 5.51. The highest BCUT2D eigenvalue weighted by molar-refractivity contribution is 7.10. The van der Waals surface area contributed by atoms with Crippen LogP contribution in [0.15, 0.2) is 52.3 Å². The molecule has 0 spiro atoms. The molecule has 9 heteroatoms. The van der Waals surface area contributed by atoms with E-state index in [0.717, 1.165) is 22.5 Å². The molecule has 0 aliphatic carbocycles. The van der Waals surface area contributed by atoms with E-state index in [-0.39, 0.29) is 23.2 Å². The van der Waals surface area contributed by atoms with E-state index in [1.807, 2.05) is 6.07 Å². The Kier molecular flexibility index (Phi) is 5.50. The monoisotopic (exact) mass is 435 g/mol. The number of aromatic nitrogens is 1. The summed E-state index contributed by atoms with van der Waals surface area (Å²) in [4.78, 5) is 42.4. The van der Waals surface area contributed by atoms with Gasteiger partial charge in [-0.05, 0) is 29.8 Å². The molecule has 156 valence electrons. The fraction of sp³-hybridized carbons (Fsp3) is 0.0909. The molecule has 3 N–H and O–H groups in total. The molecule has 0 radical (unpaired) electrons. The Hall–Kier alpha value is -3.98. The second-order valence-corrected chi connectivity index (χ2v) is 7.67. The van der Waals surface area contributed by atoms with Gasteiger partial charge in [0.2, 0.25) is 5.88 Å². The van der Waals surface area contributed by atoms with Gasteiger partial charge in [-0.25, -0.2) is 4.79 Å². The summed E-state index contributed by atoms with van der Waals surface area (Å²) in [5, 5.41) is 12.7. The van der Waals surface area contributed by atoms with Crippen LogP contribution in [0.1, 0.15) is 36.7 Å². The van der Waals surface area contributed by atoms with Gasteiger partial charge in [0, 0.05) is 23.9 Å². The van der Waals surface area contributed by atoms with Gasteiger partial charge in [0.15, 0.2) is 0 Å². The molecule has 0 unspecified atom stereocenters. The number of ether oxygens (including phenoxy) is 1. The molecule has 1 aromatic heterocycles. The van der Waals surface area contributed by atoms with Gasteiger partial charge in [0.05, 0.1) is 28.8 Å². The van der Waals surface area contributed by atoms with Crippen molar-refractivity contribution in [3.63, 3.8) is 0 Å². The van der Waals surface area contributed by atoms with Gasteiger partial charge in [-0.3, -0.25) is 19.6 Å². The van der Waals surface area contributed by atoms with Crippen LogP contribution in [-0.4, -0.2) is 35.3 Å². The molecule has 31 heavy (non-hydrogen) atoms. The van der Waals surface area contributed by atoms with Crippen LogP contribution >= 0.6 is 11.3 Å². The van der Waals surface area contributed by atoms with Crippen LogP contribution in [0.3, 0.4) is 0 Å². The van der Waals surface area contributed by atoms with E-state index in [0.29, 0.717) is 27.3 Å². The van der Waals surface area contributed by atoms with Crippen LogP contribution < -0.4 is 10.2 Å². The average Bonchev–Trinajstić information content (AvgIpc) is 3.34. The zero-order valence-electron chi connectivity index (χ0n) is 16.3. The number of carbonyl (C=O) groups is 2. The first-order chi connectivity index (χ1) is 15.0. The molecule has 0 fully saturated rings. The van der Waals surface area contributed by atoms with Gasteiger partial charge < -0.3 is 15.2 Å². The van der Waals surface area contributed by atoms with Crippen LogP contribution in [0.5, 0.6) is 5.88 Å². The first-order valence-corrected chi connectivity index (χ1v) is 10.0. The summed E-state index contributed by atoms with van der Waals surface area (Å²) in [5.74, 6) is -0.907. The molecule has 0 bridgehead atoms. The number of rotatable bonds is 5. The van der Waals surface area contributed by atoms with Crippen molar-refractivity contribution < 1.29 is 19.4 Å². The smallest absolute Gasteiger partial charge is 0.337 e. The highest BCUT2D eigenvalue weighted by Gasteiger charge is 2.20. The number of H-pyrrole nitrogens is 1. The third kappa shape index (κ3) is 4.17. The molecule has 0 saturated heterocycles. The number of hydrogen-bond acceptors (Lipinski definition) is 7. The third-order valence-electron chi connectivity index (χ3n) is 4.70. The molecule has 1 aliphatic rings. The van der Waals surface area contributed by atoms with Gasteiger partial charge in [0.1, 0.15) is 0 Å². The fourth-order valence-corrected chi connectivity index (χ4v) is 3.82. The van der Waals surface area contributed by atoms with Gasteiger partial charge in [-0.2, -0.15) is 0 Å². The van der Waals surface area contributed by atoms with E-state index >= 15 is 0 Å². The number of nitrogens with zero attached hydrogens (tertiary/aromatic N) is 1. The zero-order valence-corrected chi connectivity index (χ0v) is 17.2. The Morgan fingerprint density at radius 2 is 2.00 bits per heavy atom. The van der Waals surface area contributed by atoms with E-state index in [4.69, 9.17) is 0 Å². The van der Waals surface area contributed by atoms with E-state index in [9.17, 15) is 19.5 Å². The lowest BCUT2D eigenvalue weighted by molar-refractivity contribution is 0.0600. The maximum atomic E-state index is 12.8. The lowest BCUT2D eigenvalue weighted by Gasteiger charge is -2.09. The largest absolute Gasteiger partial charge is 0.493 e. The number of methoxy groups -OCH3 is 1. The molecular weight excluding hydrogens is 418 g/mol. The highest BCUT2D eigenvalue weighted by atomic mass is 32.1. The van der Waals surface area contributed by atoms with Crippen molar-refractivity contribution in [2.24, 2.45) is 4.99 Å². The number of hydrogen-bond donors (Lipinski definition) is 3. The minimum Gasteiger partial charge on any atom is -0.493 e. The molecule has 3 aromatic rings. The first-order valence-electron chi connectivity index (χ1n) is 9.23. The summed E-state index contributed by atoms with van der Waals surface area (Å²) < 4.78 is 4.67. The van der Waals surface area contributed by atoms with Crippen LogP contribution in [0, 0.1) is 0 Å². The number of aliphatic imine (C=N–C) groups is 1. The Balaban J connectivity index is 1.51. The van der Waals surface area contributed by atoms with Crippen molar-refractivity contribution >= 4 is 46.8 Å². The Morgan fingerprint density at radius 1 is 1.23 bits per heavy atom. The molecular formula is C22H17N3O5S. The Labute approximate surface area is 180 Å². The van der Waals surface area contributed by atoms with E-state index < -0.39 is 5.97 Å². The second-order valence-electron chi connectivity index (χ2n) is 6.66. The topological polar surface area (TPSA) is 121 Å². The van der Waals surface area contributed by atoms with Crippen LogP contribution in [0.25, 0.3) is 11.6 Å². The predicted molar refractivity (Wildman–Crippen MR) is 118 cm³/mol. The number of carbonyl (C=O) groups excluding carboxylic acids is 2. The minimum absolute atomic E-state index is 0.198. The number of para-hydroxylation sites is 1. The van der Waals surface area contributed by atoms with Crippen molar-refractivity contribution in [1.82, 2.24) is 10.3 Å². The lowest BCUT2D eigenvalue weighted by atomic mass is 10.0. The van der Waals surface area contributed by atoms with Crippen molar-refractivity contribution in [2.45, 2.75) is 6.54 Å². The van der Waals surface area contributed by atoms with Gasteiger partial charge in [-0.15, -0.1) is 0 Å². The standard InChI is InChI=1S/C22H17N3O5S/c1-30-21(28)13-7-5-12(6-8-13)10-24-19(26)16-4-2-3-15-14(11-23-18(15)16)9-17-20(27)25-22(29)31-17/h2-9,11,27H,10H2,1H3,(H,24,26)(H,25,29)/b14-9+. The molecule has 2 heterocycles. The minimum atomic E-state index is -0.419. The molecule has 8 nitrogen and oxygen atoms in total. The first kappa shape index (κ1) is 20.3. The average molecular weight is 435 g/mol. The van der Waals surface area contributed by atoms with Crippen LogP contribution in [0.4, 0.5) is 5.69 Å². The number of aromatic hydroxyl groups is 1. The summed E-state index contributed by atoms with van der Waals surface area (Å²) in [5.41, 5.74) is 3.62. The molecule has 4 rings (SSSR count). The fourth-order valence-electron chi connectivity index (χ4n) is 3.14. The molecule has 2 aromatic carbocycles. The summed E-state index contributed by atoms with van der Waals surface area (Å²) >= 11 is 0.889. The van der Waals surface area contributed by atoms with Gasteiger partial charge in [0.25, 0.3) is 5.91 Å². The quantitative estimate of drug-likeness (QED) is 0.532. The van der Waals surface area contributed by atoms with Crippen LogP contribution in [0.2, 0.25) is 0 Å². The SMILES string of the molecule is COC(=O)c1ccc(CNC(=O)c2cccc3c2N=C/C3=C\c2sc(=O)[nH]c2O)cc1. The van der Waals surface area contributed by atoms with Crippen molar-refractivity contribution in [3.8, 4) is 5.88 Å². The number of benzene rings is 2. The molecule has 1 aliphatic heterocycles. The summed E-state index contributed by atoms with van der Waals surface area (Å²) in [7, 11) is 1.32. The maximum Gasteiger partial charge on any atom is 0.337 e. The second kappa shape index (κ2) is 8.41. The number of thiazole rings is 1. The van der Waals surface area contributed by atoms with E-state index in [1.54, 1.807) is 48.7 Å². The normalized spacial score (nSPS) is 13.3. The predicted octanol–water partition coefficient (Wildman–Crippen LogP) is 3.12. The number of nitrogens with one attached hydrogen (secondary N) is 2. The van der Waals surface area contributed by atoms with Gasteiger partial charge in [-0.1, -0.05) is 35.6 Å². The number of aromatic amines is 1.